The van der Waals surface area contributed by atoms with Crippen LogP contribution in [0.2, 0.25) is 16.6 Å². The Morgan fingerprint density at radius 1 is 0.895 bits per heavy atom. The van der Waals surface area contributed by atoms with Gasteiger partial charge in [-0.25, -0.2) is 14.2 Å². The molecule has 22 heteroatoms. The van der Waals surface area contributed by atoms with Crippen LogP contribution in [0.4, 0.5) is 20.8 Å². The highest BCUT2D eigenvalue weighted by molar-refractivity contribution is 7.13. The van der Waals surface area contributed by atoms with Crippen molar-refractivity contribution in [3.8, 4) is 44.9 Å². The first kappa shape index (κ1) is 67.3. The molecule has 2 unspecified atom stereocenters. The van der Waals surface area contributed by atoms with E-state index in [-0.39, 0.29) is 89.9 Å². The van der Waals surface area contributed by atoms with Gasteiger partial charge in [-0.05, 0) is 131 Å². The van der Waals surface area contributed by atoms with Crippen molar-refractivity contribution in [3.63, 3.8) is 0 Å². The molecule has 0 saturated carbocycles. The summed E-state index contributed by atoms with van der Waals surface area (Å²) in [6, 6.07) is 17.5. The third-order valence-electron chi connectivity index (χ3n) is 20.9. The molecule has 5 aliphatic heterocycles. The monoisotopic (exact) mass is 1330 g/mol. The Morgan fingerprint density at radius 3 is 2.23 bits per heavy atom. The molecule has 4 aromatic heterocycles. The van der Waals surface area contributed by atoms with Crippen molar-refractivity contribution in [1.29, 1.82) is 0 Å². The van der Waals surface area contributed by atoms with Crippen LogP contribution in [0, 0.1) is 35.5 Å². The predicted molar refractivity (Wildman–Crippen MR) is 372 cm³/mol. The van der Waals surface area contributed by atoms with Gasteiger partial charge in [0.1, 0.15) is 55.0 Å². The number of nitrogens with one attached hydrogen (secondary N) is 1. The number of ether oxygens (including phenoxy) is 2. The number of hydrogen-bond donors (Lipinski definition) is 3. The van der Waals surface area contributed by atoms with Crippen molar-refractivity contribution in [2.45, 2.75) is 181 Å². The van der Waals surface area contributed by atoms with Gasteiger partial charge in [0.15, 0.2) is 17.4 Å². The molecular weight excluding hydrogens is 1240 g/mol. The highest BCUT2D eigenvalue weighted by Gasteiger charge is 2.49. The number of benzene rings is 3. The summed E-state index contributed by atoms with van der Waals surface area (Å²) in [4.78, 5) is 72.4. The number of phenols is 1. The molecule has 19 nitrogen and oxygen atoms in total. The van der Waals surface area contributed by atoms with Crippen molar-refractivity contribution in [1.82, 2.24) is 45.1 Å². The van der Waals surface area contributed by atoms with E-state index in [2.05, 4.69) is 83.2 Å². The topological polar surface area (TPSA) is 216 Å². The molecule has 9 heterocycles. The van der Waals surface area contributed by atoms with E-state index in [0.29, 0.717) is 75.4 Å². The van der Waals surface area contributed by atoms with Gasteiger partial charge in [-0.3, -0.25) is 24.4 Å². The third kappa shape index (κ3) is 13.3. The van der Waals surface area contributed by atoms with Crippen LogP contribution in [0.3, 0.4) is 0 Å². The van der Waals surface area contributed by atoms with Crippen LogP contribution in [0.5, 0.6) is 11.8 Å². The van der Waals surface area contributed by atoms with E-state index < -0.39 is 37.6 Å². The Labute approximate surface area is 562 Å². The maximum Gasteiger partial charge on any atom is 0.410 e. The van der Waals surface area contributed by atoms with Gasteiger partial charge in [0.05, 0.1) is 45.7 Å². The number of aromatic hydroxyl groups is 1. The SMILES string of the molecule is Cc1ncsc1-c1ccc([C@H](C)NC(=O)[C@@H]2C[C@@H](O)CN2C(=O)[C@@H](c2cc(N3CC4(CCN(CCOc5nc(N6CC7CCC(C6)N7C(=O)OC(C)(C)C)c6cnc(-c7cc(O)cc8cccc(C#C[Si](C(C)C)(C(C)C)C(C)C)c78)c(F)c6n5)CC4)C3)no2)C(C)C)cc1. The van der Waals surface area contributed by atoms with Gasteiger partial charge < -0.3 is 44.2 Å². The first-order valence-corrected chi connectivity index (χ1v) is 37.1. The molecule has 95 heavy (non-hydrogen) atoms. The minimum absolute atomic E-state index is 0.0243. The molecule has 504 valence electrons. The van der Waals surface area contributed by atoms with Crippen LogP contribution in [0.1, 0.15) is 150 Å². The molecule has 3 aromatic carbocycles. The lowest BCUT2D eigenvalue weighted by atomic mass is 9.72. The first-order chi connectivity index (χ1) is 45.2. The molecule has 0 radical (unpaired) electrons. The van der Waals surface area contributed by atoms with E-state index in [1.807, 2.05) is 107 Å². The van der Waals surface area contributed by atoms with E-state index in [9.17, 15) is 24.6 Å². The number of fused-ring (bicyclic) bond motifs is 4. The number of halogens is 1. The summed E-state index contributed by atoms with van der Waals surface area (Å²) in [7, 11) is -2.18. The van der Waals surface area contributed by atoms with Crippen molar-refractivity contribution < 1.29 is 43.0 Å². The van der Waals surface area contributed by atoms with Crippen molar-refractivity contribution >= 4 is 70.6 Å². The van der Waals surface area contributed by atoms with Crippen LogP contribution in [0.25, 0.3) is 43.4 Å². The molecule has 3 amide bonds. The van der Waals surface area contributed by atoms with E-state index in [1.54, 1.807) is 29.7 Å². The molecule has 2 bridgehead atoms. The van der Waals surface area contributed by atoms with Crippen LogP contribution in [-0.2, 0) is 14.3 Å². The van der Waals surface area contributed by atoms with E-state index >= 15 is 4.39 Å². The van der Waals surface area contributed by atoms with Gasteiger partial charge >= 0.3 is 12.1 Å². The molecule has 5 aliphatic rings. The predicted octanol–water partition coefficient (Wildman–Crippen LogP) is 12.8. The highest BCUT2D eigenvalue weighted by atomic mass is 32.1. The number of aliphatic hydroxyl groups is 1. The Bertz CT molecular complexity index is 4030. The van der Waals surface area contributed by atoms with Gasteiger partial charge in [0, 0.05) is 79.9 Å². The quantitative estimate of drug-likeness (QED) is 0.0571. The highest BCUT2D eigenvalue weighted by Crippen LogP contribution is 2.46. The summed E-state index contributed by atoms with van der Waals surface area (Å²) in [5.41, 5.74) is 10.5. The number of carbonyl (C=O) groups is 3. The van der Waals surface area contributed by atoms with Crippen molar-refractivity contribution in [2.24, 2.45) is 11.3 Å². The normalized spacial score (nSPS) is 20.5. The average Bonchev–Trinajstić information content (AvgIpc) is 1.01. The number of phenolic OH excluding ortho intramolecular Hbond substituents is 1. The van der Waals surface area contributed by atoms with E-state index in [1.165, 1.54) is 4.90 Å². The van der Waals surface area contributed by atoms with Gasteiger partial charge in [0.2, 0.25) is 11.8 Å². The number of aromatic nitrogens is 5. The van der Waals surface area contributed by atoms with Crippen molar-refractivity contribution in [2.75, 3.05) is 68.8 Å². The number of anilines is 2. The molecule has 6 atom stereocenters. The average molecular weight is 1330 g/mol. The summed E-state index contributed by atoms with van der Waals surface area (Å²) < 4.78 is 36.3. The van der Waals surface area contributed by atoms with Gasteiger partial charge in [-0.1, -0.05) is 103 Å². The number of piperazine rings is 1. The zero-order valence-corrected chi connectivity index (χ0v) is 59.0. The second-order valence-corrected chi connectivity index (χ2v) is 36.0. The zero-order chi connectivity index (χ0) is 67.6. The van der Waals surface area contributed by atoms with Crippen molar-refractivity contribution in [3.05, 3.63) is 101 Å². The van der Waals surface area contributed by atoms with Crippen LogP contribution in [-0.4, -0.2) is 165 Å². The minimum Gasteiger partial charge on any atom is -0.508 e. The molecule has 7 aromatic rings. The minimum atomic E-state index is -2.18. The summed E-state index contributed by atoms with van der Waals surface area (Å²) in [6.07, 6.45) is 4.04. The lowest BCUT2D eigenvalue weighted by molar-refractivity contribution is -0.141. The molecule has 12 rings (SSSR count). The summed E-state index contributed by atoms with van der Waals surface area (Å²) in [5.74, 6) is 2.98. The maximum atomic E-state index is 18.0. The van der Waals surface area contributed by atoms with Crippen LogP contribution in [0.15, 0.2) is 76.9 Å². The Balaban J connectivity index is 0.725. The Kier molecular flexibility index (Phi) is 18.9. The molecule has 0 aliphatic carbocycles. The number of β-amino-alcohol motifs (C(OH)–C–C–N with tert-alkyl or cyclic N) is 1. The number of aryl methyl sites for hydroxylation is 1. The van der Waals surface area contributed by atoms with Crippen LogP contribution < -0.4 is 19.9 Å². The number of thiazole rings is 1. The fraction of sp³-hybridized carbons (Fsp3) is 0.534. The summed E-state index contributed by atoms with van der Waals surface area (Å²) >= 11 is 1.59. The number of aliphatic hydroxyl groups excluding tert-OH is 1. The summed E-state index contributed by atoms with van der Waals surface area (Å²) in [5, 5.41) is 31.6. The third-order valence-corrected chi connectivity index (χ3v) is 28.1. The number of rotatable bonds is 17. The number of likely N-dealkylation sites (tertiary alicyclic amines) is 2. The number of piperidine rings is 1. The second-order valence-electron chi connectivity index (χ2n) is 29.6. The number of carbonyl (C=O) groups excluding carboxylic acids is 3. The molecule has 5 saturated heterocycles. The molecule has 5 fully saturated rings. The zero-order valence-electron chi connectivity index (χ0n) is 57.2. The molecule has 3 N–H and O–H groups in total. The largest absolute Gasteiger partial charge is 0.508 e. The summed E-state index contributed by atoms with van der Waals surface area (Å²) in [6.45, 7) is 32.1. The number of amides is 3. The molecular formula is C73H92FN11O8SSi. The smallest absolute Gasteiger partial charge is 0.410 e. The number of nitrogens with zero attached hydrogens (tertiary/aromatic N) is 10. The first-order valence-electron chi connectivity index (χ1n) is 34.0. The van der Waals surface area contributed by atoms with Gasteiger partial charge in [0.25, 0.3) is 0 Å². The number of hydrogen-bond acceptors (Lipinski definition) is 17. The fourth-order valence-electron chi connectivity index (χ4n) is 16.0. The van der Waals surface area contributed by atoms with Gasteiger partial charge in [-0.15, -0.1) is 16.9 Å². The lowest BCUT2D eigenvalue weighted by Crippen LogP contribution is -2.60. The molecule has 1 spiro atoms. The maximum absolute atomic E-state index is 18.0. The van der Waals surface area contributed by atoms with Gasteiger partial charge in [-0.2, -0.15) is 9.97 Å². The Hall–Kier alpha value is -7.71. The second kappa shape index (κ2) is 26.7. The lowest BCUT2D eigenvalue weighted by Gasteiger charge is -2.54. The van der Waals surface area contributed by atoms with E-state index in [4.69, 9.17) is 28.9 Å². The Morgan fingerprint density at radius 2 is 1.59 bits per heavy atom. The standard InChI is InChI=1S/C73H92FN11O8SSi/c1-42(2)61(69(89)84-38-55(87)33-58(84)68(88)77-46(9)48-17-19-50(20-18-48)66-47(10)76-41-94-66)59-34-60(80-93-59)83-39-73(40-83)24-26-81(27-25-73)28-29-91-70-78-65-57(67(79-70)82-36-52-21-22-53(37-82)85(52)71(90)92-72(11,12)13)35-75-64(63(65)74)56-32-54(86)31-51-16-14-15-49(62(51)56)23-30-95(43(3)4,44(5)6)45(7)8/h14-20,31-32,34-35,41-46,52-53,55,58,61,86-87H,21-22,24-29,33,36-40H2,1-13H3,(H,77,88)/t46-,52?,53?,55+,58-,61+/m0/s1. The van der Waals surface area contributed by atoms with E-state index in [0.717, 1.165) is 79.1 Å². The fourth-order valence-corrected chi connectivity index (χ4v) is 22.0. The number of pyridine rings is 1. The van der Waals surface area contributed by atoms with Crippen LogP contribution >= 0.6 is 11.3 Å².